The molecule has 1 aliphatic carbocycles. The summed E-state index contributed by atoms with van der Waals surface area (Å²) in [6, 6.07) is 5.41. The monoisotopic (exact) mass is 369 g/mol. The van der Waals surface area contributed by atoms with Gasteiger partial charge in [0.05, 0.1) is 17.9 Å². The summed E-state index contributed by atoms with van der Waals surface area (Å²) >= 11 is 0. The minimum atomic E-state index is -0.576. The molecule has 2 heterocycles. The third kappa shape index (κ3) is 3.18. The summed E-state index contributed by atoms with van der Waals surface area (Å²) in [6.07, 6.45) is 2.41. The van der Waals surface area contributed by atoms with Gasteiger partial charge in [-0.25, -0.2) is 0 Å². The summed E-state index contributed by atoms with van der Waals surface area (Å²) in [5.74, 6) is 1.31. The number of nitrogens with zero attached hydrogens (tertiary/aromatic N) is 2. The van der Waals surface area contributed by atoms with Crippen LogP contribution >= 0.6 is 0 Å². The van der Waals surface area contributed by atoms with Crippen LogP contribution in [0, 0.1) is 19.8 Å². The zero-order chi connectivity index (χ0) is 19.1. The molecule has 0 spiro atoms. The Morgan fingerprint density at radius 1 is 1.33 bits per heavy atom. The van der Waals surface area contributed by atoms with Crippen LogP contribution in [0.25, 0.3) is 0 Å². The van der Waals surface area contributed by atoms with E-state index in [4.69, 9.17) is 9.26 Å². The average molecular weight is 369 g/mol. The molecule has 2 aromatic rings. The van der Waals surface area contributed by atoms with Crippen LogP contribution in [-0.4, -0.2) is 23.1 Å². The number of aryl methyl sites for hydroxylation is 2. The number of amides is 2. The number of anilines is 2. The highest BCUT2D eigenvalue weighted by Gasteiger charge is 2.33. The molecule has 1 aromatic carbocycles. The van der Waals surface area contributed by atoms with Gasteiger partial charge in [0.15, 0.2) is 6.10 Å². The van der Waals surface area contributed by atoms with E-state index in [0.29, 0.717) is 29.4 Å². The normalized spacial score (nSPS) is 19.3. The number of hydrogen-bond donors (Lipinski definition) is 1. The van der Waals surface area contributed by atoms with E-state index in [9.17, 15) is 9.59 Å². The minimum Gasteiger partial charge on any atom is -0.479 e. The Labute approximate surface area is 157 Å². The van der Waals surface area contributed by atoms with Crippen molar-refractivity contribution in [2.45, 2.75) is 52.7 Å². The van der Waals surface area contributed by atoms with Gasteiger partial charge in [-0.05, 0) is 51.8 Å². The number of carbonyl (C=O) groups excluding carboxylic acids is 2. The smallest absolute Gasteiger partial charge is 0.268 e. The highest BCUT2D eigenvalue weighted by Crippen LogP contribution is 2.38. The van der Waals surface area contributed by atoms with Gasteiger partial charge in [-0.2, -0.15) is 0 Å². The summed E-state index contributed by atoms with van der Waals surface area (Å²) in [5.41, 5.74) is 2.95. The zero-order valence-corrected chi connectivity index (χ0v) is 15.7. The number of nitrogens with one attached hydrogen (secondary N) is 1. The molecule has 2 aliphatic rings. The summed E-state index contributed by atoms with van der Waals surface area (Å²) in [7, 11) is 0. The van der Waals surface area contributed by atoms with Crippen LogP contribution in [0.5, 0.6) is 5.75 Å². The maximum Gasteiger partial charge on any atom is 0.268 e. The molecule has 2 amide bonds. The number of rotatable bonds is 4. The zero-order valence-electron chi connectivity index (χ0n) is 15.7. The molecular formula is C20H23N3O4. The van der Waals surface area contributed by atoms with Crippen molar-refractivity contribution >= 4 is 23.2 Å². The lowest BCUT2D eigenvalue weighted by atomic mass is 9.85. The van der Waals surface area contributed by atoms with Gasteiger partial charge in [-0.3, -0.25) is 9.59 Å². The van der Waals surface area contributed by atoms with Gasteiger partial charge in [-0.15, -0.1) is 0 Å². The first-order valence-corrected chi connectivity index (χ1v) is 9.28. The molecule has 0 saturated heterocycles. The Morgan fingerprint density at radius 3 is 2.74 bits per heavy atom. The fourth-order valence-corrected chi connectivity index (χ4v) is 3.45. The number of hydrogen-bond acceptors (Lipinski definition) is 5. The first-order chi connectivity index (χ1) is 12.9. The lowest BCUT2D eigenvalue weighted by Crippen LogP contribution is -2.44. The quantitative estimate of drug-likeness (QED) is 0.893. The van der Waals surface area contributed by atoms with Crippen LogP contribution in [0.1, 0.15) is 43.2 Å². The predicted octanol–water partition coefficient (Wildman–Crippen LogP) is 3.34. The number of benzene rings is 1. The van der Waals surface area contributed by atoms with E-state index in [0.717, 1.165) is 30.5 Å². The van der Waals surface area contributed by atoms with Crippen molar-refractivity contribution in [3.8, 4) is 5.75 Å². The second kappa shape index (κ2) is 6.72. The number of aromatic nitrogens is 1. The van der Waals surface area contributed by atoms with Crippen molar-refractivity contribution < 1.29 is 18.8 Å². The van der Waals surface area contributed by atoms with Gasteiger partial charge < -0.3 is 19.5 Å². The van der Waals surface area contributed by atoms with Crippen LogP contribution in [0.15, 0.2) is 22.7 Å². The maximum atomic E-state index is 12.8. The number of ether oxygens (including phenoxy) is 1. The van der Waals surface area contributed by atoms with Crippen LogP contribution in [0.3, 0.4) is 0 Å². The van der Waals surface area contributed by atoms with Crippen molar-refractivity contribution in [3.63, 3.8) is 0 Å². The second-order valence-corrected chi connectivity index (χ2v) is 7.29. The van der Waals surface area contributed by atoms with Crippen molar-refractivity contribution in [1.29, 1.82) is 0 Å². The third-order valence-electron chi connectivity index (χ3n) is 5.41. The summed E-state index contributed by atoms with van der Waals surface area (Å²) < 4.78 is 11.0. The largest absolute Gasteiger partial charge is 0.479 e. The van der Waals surface area contributed by atoms with Gasteiger partial charge in [0.25, 0.3) is 5.91 Å². The van der Waals surface area contributed by atoms with Gasteiger partial charge in [-0.1, -0.05) is 11.6 Å². The van der Waals surface area contributed by atoms with E-state index in [1.807, 2.05) is 19.9 Å². The van der Waals surface area contributed by atoms with Crippen LogP contribution < -0.4 is 15.0 Å². The topological polar surface area (TPSA) is 84.7 Å². The molecule has 7 nitrogen and oxygen atoms in total. The molecule has 0 radical (unpaired) electrons. The van der Waals surface area contributed by atoms with Crippen LogP contribution in [0.4, 0.5) is 11.4 Å². The molecule has 27 heavy (non-hydrogen) atoms. The molecule has 1 aromatic heterocycles. The summed E-state index contributed by atoms with van der Waals surface area (Å²) in [6.45, 7) is 5.77. The first-order valence-electron chi connectivity index (χ1n) is 9.28. The van der Waals surface area contributed by atoms with E-state index < -0.39 is 6.10 Å². The highest BCUT2D eigenvalue weighted by molar-refractivity contribution is 6.01. The Hall–Kier alpha value is -2.83. The Bertz CT molecular complexity index is 881. The Kier molecular flexibility index (Phi) is 4.37. The molecule has 1 aliphatic heterocycles. The fourth-order valence-electron chi connectivity index (χ4n) is 3.45. The Balaban J connectivity index is 1.65. The Morgan fingerprint density at radius 2 is 2.11 bits per heavy atom. The minimum absolute atomic E-state index is 0.0369. The molecule has 1 atom stereocenters. The number of carbonyl (C=O) groups is 2. The van der Waals surface area contributed by atoms with E-state index in [1.54, 1.807) is 24.0 Å². The molecule has 1 N–H and O–H groups in total. The van der Waals surface area contributed by atoms with E-state index in [-0.39, 0.29) is 17.7 Å². The highest BCUT2D eigenvalue weighted by atomic mass is 16.5. The van der Waals surface area contributed by atoms with Crippen molar-refractivity contribution in [2.24, 2.45) is 5.92 Å². The molecule has 1 unspecified atom stereocenters. The lowest BCUT2D eigenvalue weighted by molar-refractivity contribution is -0.125. The van der Waals surface area contributed by atoms with Gasteiger partial charge in [0, 0.05) is 17.2 Å². The maximum absolute atomic E-state index is 12.8. The predicted molar refractivity (Wildman–Crippen MR) is 99.7 cm³/mol. The molecule has 142 valence electrons. The molecule has 0 bridgehead atoms. The lowest BCUT2D eigenvalue weighted by Gasteiger charge is -2.33. The SMILES string of the molecule is Cc1noc(C)c1CN1C(=O)C(C)Oc2ccc(NC(=O)C3CCC3)cc21. The summed E-state index contributed by atoms with van der Waals surface area (Å²) in [5, 5.41) is 6.93. The molecule has 4 rings (SSSR count). The third-order valence-corrected chi connectivity index (χ3v) is 5.41. The first kappa shape index (κ1) is 17.6. The van der Waals surface area contributed by atoms with E-state index >= 15 is 0 Å². The number of fused-ring (bicyclic) bond motifs is 1. The van der Waals surface area contributed by atoms with E-state index in [1.165, 1.54) is 0 Å². The van der Waals surface area contributed by atoms with Crippen LogP contribution in [-0.2, 0) is 16.1 Å². The molecular weight excluding hydrogens is 346 g/mol. The molecule has 1 saturated carbocycles. The molecule has 7 heteroatoms. The second-order valence-electron chi connectivity index (χ2n) is 7.29. The van der Waals surface area contributed by atoms with Crippen molar-refractivity contribution in [3.05, 3.63) is 35.2 Å². The average Bonchev–Trinajstić information content (AvgIpc) is 2.89. The van der Waals surface area contributed by atoms with Crippen molar-refractivity contribution in [1.82, 2.24) is 5.16 Å². The molecule has 1 fully saturated rings. The van der Waals surface area contributed by atoms with Crippen LogP contribution in [0.2, 0.25) is 0 Å². The van der Waals surface area contributed by atoms with Gasteiger partial charge in [0.1, 0.15) is 11.5 Å². The fraction of sp³-hybridized carbons (Fsp3) is 0.450. The standard InChI is InChI=1S/C20H23N3O4/c1-11-16(12(2)27-22-11)10-23-17-9-15(21-19(24)14-5-4-6-14)7-8-18(17)26-13(3)20(23)25/h7-9,13-14H,4-6,10H2,1-3H3,(H,21,24). The van der Waals surface area contributed by atoms with Crippen molar-refractivity contribution in [2.75, 3.05) is 10.2 Å². The van der Waals surface area contributed by atoms with E-state index in [2.05, 4.69) is 10.5 Å². The summed E-state index contributed by atoms with van der Waals surface area (Å²) in [4.78, 5) is 26.7. The van der Waals surface area contributed by atoms with Gasteiger partial charge in [0.2, 0.25) is 5.91 Å². The van der Waals surface area contributed by atoms with Gasteiger partial charge >= 0.3 is 0 Å².